The van der Waals surface area contributed by atoms with Gasteiger partial charge in [0.2, 0.25) is 0 Å². The summed E-state index contributed by atoms with van der Waals surface area (Å²) >= 11 is 1.10. The van der Waals surface area contributed by atoms with Crippen molar-refractivity contribution in [3.63, 3.8) is 0 Å². The predicted octanol–water partition coefficient (Wildman–Crippen LogP) is 0.230. The molecule has 0 atom stereocenters. The van der Waals surface area contributed by atoms with E-state index in [0.717, 1.165) is 11.5 Å². The first kappa shape index (κ1) is 6.28. The Kier molecular flexibility index (Phi) is 1.84. The van der Waals surface area contributed by atoms with E-state index in [1.165, 1.54) is 0 Å². The summed E-state index contributed by atoms with van der Waals surface area (Å²) in [7, 11) is 0. The van der Waals surface area contributed by atoms with E-state index in [0.29, 0.717) is 11.8 Å². The van der Waals surface area contributed by atoms with Crippen LogP contribution in [0.4, 0.5) is 0 Å². The van der Waals surface area contributed by atoms with Gasteiger partial charge in [-0.3, -0.25) is 4.37 Å². The summed E-state index contributed by atoms with van der Waals surface area (Å²) in [5.74, 6) is 0. The lowest BCUT2D eigenvalue weighted by Crippen LogP contribution is -2.01. The first-order chi connectivity index (χ1) is 4.33. The van der Waals surface area contributed by atoms with E-state index in [2.05, 4.69) is 9.36 Å². The minimum atomic E-state index is -0.344. The van der Waals surface area contributed by atoms with E-state index in [1.54, 1.807) is 0 Å². The molecule has 0 aliphatic rings. The molecule has 0 fully saturated rings. The molecule has 5 heteroatoms. The van der Waals surface area contributed by atoms with Crippen LogP contribution in [-0.2, 0) is 0 Å². The highest BCUT2D eigenvalue weighted by Gasteiger charge is 1.95. The van der Waals surface area contributed by atoms with Gasteiger partial charge in [-0.05, 0) is 6.92 Å². The van der Waals surface area contributed by atoms with Crippen LogP contribution in [0.1, 0.15) is 6.92 Å². The molecule has 1 aromatic heterocycles. The van der Waals surface area contributed by atoms with Gasteiger partial charge in [0.05, 0.1) is 6.61 Å². The van der Waals surface area contributed by atoms with Gasteiger partial charge >= 0.3 is 5.69 Å². The lowest BCUT2D eigenvalue weighted by Gasteiger charge is -1.90. The van der Waals surface area contributed by atoms with Gasteiger partial charge in [0.15, 0.2) is 0 Å². The van der Waals surface area contributed by atoms with E-state index in [4.69, 9.17) is 4.74 Å². The van der Waals surface area contributed by atoms with Crippen LogP contribution in [0.3, 0.4) is 0 Å². The Morgan fingerprint density at radius 3 is 3.11 bits per heavy atom. The topological polar surface area (TPSA) is 55.0 Å². The maximum absolute atomic E-state index is 10.3. The number of nitrogens with one attached hydrogen (secondary N) is 1. The standard InChI is InChI=1S/C4H6N2O2S/c1-2-8-4-5-3(7)6-9-4/h2H2,1H3,(H,6,7). The van der Waals surface area contributed by atoms with Crippen molar-refractivity contribution in [3.8, 4) is 5.19 Å². The highest BCUT2D eigenvalue weighted by Crippen LogP contribution is 2.05. The fourth-order valence-corrected chi connectivity index (χ4v) is 0.927. The molecule has 0 saturated heterocycles. The van der Waals surface area contributed by atoms with Crippen molar-refractivity contribution in [1.82, 2.24) is 9.36 Å². The highest BCUT2D eigenvalue weighted by molar-refractivity contribution is 7.07. The number of ether oxygens (including phenoxy) is 1. The zero-order valence-electron chi connectivity index (χ0n) is 4.88. The minimum absolute atomic E-state index is 0.344. The van der Waals surface area contributed by atoms with Crippen LogP contribution in [-0.4, -0.2) is 16.0 Å². The Morgan fingerprint density at radius 2 is 2.67 bits per heavy atom. The first-order valence-corrected chi connectivity index (χ1v) is 3.33. The highest BCUT2D eigenvalue weighted by atomic mass is 32.1. The Hall–Kier alpha value is -0.840. The van der Waals surface area contributed by atoms with Gasteiger partial charge in [-0.15, -0.1) is 4.98 Å². The first-order valence-electron chi connectivity index (χ1n) is 2.51. The molecule has 9 heavy (non-hydrogen) atoms. The van der Waals surface area contributed by atoms with Crippen LogP contribution >= 0.6 is 11.5 Å². The number of hydrogen-bond acceptors (Lipinski definition) is 4. The molecule has 0 saturated carbocycles. The summed E-state index contributed by atoms with van der Waals surface area (Å²) in [4.78, 5) is 13.8. The van der Waals surface area contributed by atoms with Gasteiger partial charge in [-0.1, -0.05) is 0 Å². The second kappa shape index (κ2) is 2.63. The summed E-state index contributed by atoms with van der Waals surface area (Å²) in [6, 6.07) is 0. The maximum atomic E-state index is 10.3. The SMILES string of the molecule is CCOc1nc(=O)[nH]s1. The summed E-state index contributed by atoms with van der Waals surface area (Å²) in [6.07, 6.45) is 0. The molecule has 0 bridgehead atoms. The Labute approximate surface area is 55.7 Å². The average molecular weight is 146 g/mol. The summed E-state index contributed by atoms with van der Waals surface area (Å²) in [5, 5.41) is 0.405. The van der Waals surface area contributed by atoms with Crippen LogP contribution < -0.4 is 10.4 Å². The Bertz CT molecular complexity index is 228. The quantitative estimate of drug-likeness (QED) is 0.649. The van der Waals surface area contributed by atoms with Gasteiger partial charge in [0, 0.05) is 11.5 Å². The van der Waals surface area contributed by atoms with Crippen LogP contribution in [0.15, 0.2) is 4.79 Å². The van der Waals surface area contributed by atoms with Crippen molar-refractivity contribution in [2.75, 3.05) is 6.61 Å². The summed E-state index contributed by atoms with van der Waals surface area (Å²) < 4.78 is 7.31. The minimum Gasteiger partial charge on any atom is -0.469 e. The van der Waals surface area contributed by atoms with Crippen LogP contribution in [0.5, 0.6) is 5.19 Å². The van der Waals surface area contributed by atoms with Gasteiger partial charge in [0.1, 0.15) is 0 Å². The van der Waals surface area contributed by atoms with E-state index < -0.39 is 0 Å². The molecule has 4 nitrogen and oxygen atoms in total. The average Bonchev–Trinajstić information content (AvgIpc) is 2.17. The smallest absolute Gasteiger partial charge is 0.358 e. The molecule has 0 unspecified atom stereocenters. The molecule has 50 valence electrons. The van der Waals surface area contributed by atoms with Crippen molar-refractivity contribution < 1.29 is 4.74 Å². The number of rotatable bonds is 2. The summed E-state index contributed by atoms with van der Waals surface area (Å²) in [5.41, 5.74) is -0.344. The second-order valence-electron chi connectivity index (χ2n) is 1.32. The van der Waals surface area contributed by atoms with E-state index in [-0.39, 0.29) is 5.69 Å². The van der Waals surface area contributed by atoms with Crippen LogP contribution in [0.25, 0.3) is 0 Å². The molecule has 0 aliphatic heterocycles. The predicted molar refractivity (Wildman–Crippen MR) is 33.9 cm³/mol. The molecule has 1 heterocycles. The van der Waals surface area contributed by atoms with Crippen molar-refractivity contribution >= 4 is 11.5 Å². The molecule has 0 amide bonds. The zero-order chi connectivity index (χ0) is 6.69. The molecule has 1 aromatic rings. The zero-order valence-corrected chi connectivity index (χ0v) is 5.70. The van der Waals surface area contributed by atoms with Crippen molar-refractivity contribution in [2.45, 2.75) is 6.92 Å². The molecule has 0 aromatic carbocycles. The molecule has 1 N–H and O–H groups in total. The molecular weight excluding hydrogens is 140 g/mol. The molecule has 1 rings (SSSR count). The van der Waals surface area contributed by atoms with Crippen molar-refractivity contribution in [2.24, 2.45) is 0 Å². The molecule has 0 aliphatic carbocycles. The number of nitrogens with zero attached hydrogens (tertiary/aromatic N) is 1. The lowest BCUT2D eigenvalue weighted by molar-refractivity contribution is 0.337. The summed E-state index contributed by atoms with van der Waals surface area (Å²) in [6.45, 7) is 2.38. The Morgan fingerprint density at radius 1 is 1.89 bits per heavy atom. The normalized spacial score (nSPS) is 9.44. The molecular formula is C4H6N2O2S. The van der Waals surface area contributed by atoms with Gasteiger partial charge in [-0.25, -0.2) is 4.79 Å². The number of aromatic amines is 1. The van der Waals surface area contributed by atoms with Crippen LogP contribution in [0.2, 0.25) is 0 Å². The molecule has 0 radical (unpaired) electrons. The van der Waals surface area contributed by atoms with E-state index >= 15 is 0 Å². The van der Waals surface area contributed by atoms with Crippen LogP contribution in [0, 0.1) is 0 Å². The fourth-order valence-electron chi connectivity index (χ4n) is 0.401. The number of H-pyrrole nitrogens is 1. The monoisotopic (exact) mass is 146 g/mol. The lowest BCUT2D eigenvalue weighted by atomic mass is 10.9. The third kappa shape index (κ3) is 1.53. The fraction of sp³-hybridized carbons (Fsp3) is 0.500. The number of hydrogen-bond donors (Lipinski definition) is 1. The third-order valence-electron chi connectivity index (χ3n) is 0.686. The molecule has 0 spiro atoms. The van der Waals surface area contributed by atoms with Gasteiger partial charge in [0.25, 0.3) is 5.19 Å². The largest absolute Gasteiger partial charge is 0.469 e. The van der Waals surface area contributed by atoms with E-state index in [1.807, 2.05) is 6.92 Å². The van der Waals surface area contributed by atoms with Crippen molar-refractivity contribution in [1.29, 1.82) is 0 Å². The Balaban J connectivity index is 2.73. The number of aromatic nitrogens is 2. The van der Waals surface area contributed by atoms with Gasteiger partial charge < -0.3 is 4.74 Å². The van der Waals surface area contributed by atoms with Crippen molar-refractivity contribution in [3.05, 3.63) is 10.5 Å². The second-order valence-corrected chi connectivity index (χ2v) is 2.08. The third-order valence-corrected chi connectivity index (χ3v) is 1.35. The van der Waals surface area contributed by atoms with E-state index in [9.17, 15) is 4.79 Å². The van der Waals surface area contributed by atoms with Gasteiger partial charge in [-0.2, -0.15) is 0 Å². The maximum Gasteiger partial charge on any atom is 0.358 e.